The van der Waals surface area contributed by atoms with Gasteiger partial charge in [-0.25, -0.2) is 4.98 Å². The minimum absolute atomic E-state index is 0.118. The maximum Gasteiger partial charge on any atom is 0.257 e. The molecule has 4 nitrogen and oxygen atoms in total. The molecule has 0 unspecified atom stereocenters. The van der Waals surface area contributed by atoms with Gasteiger partial charge in [0.2, 0.25) is 0 Å². The summed E-state index contributed by atoms with van der Waals surface area (Å²) in [6, 6.07) is 4.82. The molecule has 2 N–H and O–H groups in total. The molecule has 0 amide bonds. The largest absolute Gasteiger partial charge is 0.396 e. The summed E-state index contributed by atoms with van der Waals surface area (Å²) in [4.78, 5) is 15.2. The van der Waals surface area contributed by atoms with E-state index in [1.54, 1.807) is 18.3 Å². The van der Waals surface area contributed by atoms with Crippen LogP contribution in [0.15, 0.2) is 35.4 Å². The van der Waals surface area contributed by atoms with Crippen molar-refractivity contribution in [2.24, 2.45) is 0 Å². The number of aromatic nitrogens is 2. The van der Waals surface area contributed by atoms with Crippen LogP contribution in [-0.4, -0.2) is 9.38 Å². The van der Waals surface area contributed by atoms with Gasteiger partial charge in [0.15, 0.2) is 5.65 Å². The summed E-state index contributed by atoms with van der Waals surface area (Å²) in [5, 5.41) is 0. The lowest BCUT2D eigenvalue weighted by atomic mass is 10.4. The first-order valence-electron chi connectivity index (χ1n) is 3.51. The van der Waals surface area contributed by atoms with Gasteiger partial charge < -0.3 is 5.73 Å². The maximum absolute atomic E-state index is 11.2. The van der Waals surface area contributed by atoms with E-state index in [1.807, 2.05) is 0 Å². The van der Waals surface area contributed by atoms with Gasteiger partial charge in [-0.2, -0.15) is 0 Å². The van der Waals surface area contributed by atoms with Gasteiger partial charge in [-0.3, -0.25) is 9.20 Å². The normalized spacial score (nSPS) is 10.3. The number of hydrogen-bond acceptors (Lipinski definition) is 3. The maximum atomic E-state index is 11.2. The first-order chi connectivity index (χ1) is 5.79. The SMILES string of the molecule is Nc1cccn2c(=O)ccnc12. The van der Waals surface area contributed by atoms with Crippen molar-refractivity contribution < 1.29 is 0 Å². The highest BCUT2D eigenvalue weighted by Crippen LogP contribution is 2.05. The van der Waals surface area contributed by atoms with Crippen molar-refractivity contribution in [2.45, 2.75) is 0 Å². The van der Waals surface area contributed by atoms with Gasteiger partial charge in [-0.05, 0) is 12.1 Å². The minimum Gasteiger partial charge on any atom is -0.396 e. The molecule has 0 aliphatic heterocycles. The van der Waals surface area contributed by atoms with Crippen molar-refractivity contribution in [3.63, 3.8) is 0 Å². The third kappa shape index (κ3) is 0.852. The summed E-state index contributed by atoms with van der Waals surface area (Å²) in [6.45, 7) is 0. The molecule has 2 heterocycles. The molecule has 2 aromatic rings. The van der Waals surface area contributed by atoms with Crippen molar-refractivity contribution in [2.75, 3.05) is 5.73 Å². The average molecular weight is 161 g/mol. The lowest BCUT2D eigenvalue weighted by molar-refractivity contribution is 1.05. The van der Waals surface area contributed by atoms with Crippen molar-refractivity contribution in [1.82, 2.24) is 9.38 Å². The van der Waals surface area contributed by atoms with Crippen LogP contribution < -0.4 is 11.3 Å². The number of nitrogen functional groups attached to an aromatic ring is 1. The summed E-state index contributed by atoms with van der Waals surface area (Å²) >= 11 is 0. The molecule has 0 spiro atoms. The summed E-state index contributed by atoms with van der Waals surface area (Å²) in [7, 11) is 0. The number of rotatable bonds is 0. The Kier molecular flexibility index (Phi) is 1.33. The fourth-order valence-electron chi connectivity index (χ4n) is 1.08. The van der Waals surface area contributed by atoms with Crippen molar-refractivity contribution in [3.05, 3.63) is 40.9 Å². The number of nitrogens with zero attached hydrogens (tertiary/aromatic N) is 2. The molecule has 0 atom stereocenters. The van der Waals surface area contributed by atoms with E-state index in [4.69, 9.17) is 5.73 Å². The third-order valence-corrected chi connectivity index (χ3v) is 1.65. The van der Waals surface area contributed by atoms with Crippen LogP contribution in [0, 0.1) is 0 Å². The number of pyridine rings is 1. The molecule has 0 aliphatic carbocycles. The monoisotopic (exact) mass is 161 g/mol. The zero-order chi connectivity index (χ0) is 8.55. The van der Waals surface area contributed by atoms with Crippen molar-refractivity contribution >= 4 is 11.3 Å². The van der Waals surface area contributed by atoms with Crippen LogP contribution in [0.4, 0.5) is 5.69 Å². The molecule has 0 saturated carbocycles. The van der Waals surface area contributed by atoms with Gasteiger partial charge >= 0.3 is 0 Å². The average Bonchev–Trinajstić information content (AvgIpc) is 2.07. The number of nitrogens with two attached hydrogens (primary N) is 1. The lowest BCUT2D eigenvalue weighted by Crippen LogP contribution is -2.13. The Bertz CT molecular complexity index is 475. The molecule has 4 heteroatoms. The fourth-order valence-corrected chi connectivity index (χ4v) is 1.08. The van der Waals surface area contributed by atoms with Crippen LogP contribution in [0.25, 0.3) is 5.65 Å². The highest BCUT2D eigenvalue weighted by Gasteiger charge is 1.97. The van der Waals surface area contributed by atoms with E-state index in [9.17, 15) is 4.79 Å². The van der Waals surface area contributed by atoms with E-state index in [0.29, 0.717) is 11.3 Å². The topological polar surface area (TPSA) is 60.4 Å². The molecular formula is C8H7N3O. The molecule has 0 aliphatic rings. The molecule has 2 rings (SSSR count). The predicted molar refractivity (Wildman–Crippen MR) is 45.9 cm³/mol. The predicted octanol–water partition coefficient (Wildman–Crippen LogP) is 0.277. The summed E-state index contributed by atoms with van der Waals surface area (Å²) in [5.41, 5.74) is 6.50. The molecule has 2 aromatic heterocycles. The van der Waals surface area contributed by atoms with E-state index >= 15 is 0 Å². The standard InChI is InChI=1S/C8H7N3O/c9-6-2-1-5-11-7(12)3-4-10-8(6)11/h1-5H,9H2. The highest BCUT2D eigenvalue weighted by molar-refractivity contribution is 5.63. The first kappa shape index (κ1) is 6.84. The quantitative estimate of drug-likeness (QED) is 0.603. The van der Waals surface area contributed by atoms with Gasteiger partial charge in [0, 0.05) is 18.5 Å². The molecule has 0 radical (unpaired) electrons. The second-order valence-corrected chi connectivity index (χ2v) is 2.44. The van der Waals surface area contributed by atoms with Gasteiger partial charge in [0.1, 0.15) is 0 Å². The van der Waals surface area contributed by atoms with Crippen LogP contribution >= 0.6 is 0 Å². The number of anilines is 1. The molecule has 60 valence electrons. The summed E-state index contributed by atoms with van der Waals surface area (Å²) in [6.07, 6.45) is 3.09. The van der Waals surface area contributed by atoms with E-state index in [2.05, 4.69) is 4.98 Å². The van der Waals surface area contributed by atoms with Crippen molar-refractivity contribution in [1.29, 1.82) is 0 Å². The summed E-state index contributed by atoms with van der Waals surface area (Å²) < 4.78 is 1.41. The van der Waals surface area contributed by atoms with Crippen LogP contribution in [0.1, 0.15) is 0 Å². The van der Waals surface area contributed by atoms with Crippen molar-refractivity contribution in [3.8, 4) is 0 Å². The number of hydrogen-bond donors (Lipinski definition) is 1. The van der Waals surface area contributed by atoms with E-state index in [-0.39, 0.29) is 5.56 Å². The molecular weight excluding hydrogens is 154 g/mol. The molecule has 0 bridgehead atoms. The van der Waals surface area contributed by atoms with Crippen LogP contribution in [0.2, 0.25) is 0 Å². The van der Waals surface area contributed by atoms with Crippen LogP contribution in [0.5, 0.6) is 0 Å². The summed E-state index contributed by atoms with van der Waals surface area (Å²) in [5.74, 6) is 0. The Morgan fingerprint density at radius 2 is 2.25 bits per heavy atom. The Hall–Kier alpha value is -1.84. The molecule has 0 saturated heterocycles. The molecule has 12 heavy (non-hydrogen) atoms. The van der Waals surface area contributed by atoms with Crippen LogP contribution in [-0.2, 0) is 0 Å². The highest BCUT2D eigenvalue weighted by atomic mass is 16.1. The molecule has 0 fully saturated rings. The zero-order valence-corrected chi connectivity index (χ0v) is 6.27. The lowest BCUT2D eigenvalue weighted by Gasteiger charge is -1.99. The number of fused-ring (bicyclic) bond motifs is 1. The Morgan fingerprint density at radius 1 is 1.42 bits per heavy atom. The smallest absolute Gasteiger partial charge is 0.257 e. The van der Waals surface area contributed by atoms with Crippen LogP contribution in [0.3, 0.4) is 0 Å². The van der Waals surface area contributed by atoms with E-state index in [0.717, 1.165) is 0 Å². The van der Waals surface area contributed by atoms with Gasteiger partial charge in [-0.15, -0.1) is 0 Å². The van der Waals surface area contributed by atoms with Gasteiger partial charge in [0.25, 0.3) is 5.56 Å². The Balaban J connectivity index is 3.05. The Morgan fingerprint density at radius 3 is 3.00 bits per heavy atom. The van der Waals surface area contributed by atoms with E-state index in [1.165, 1.54) is 16.7 Å². The second-order valence-electron chi connectivity index (χ2n) is 2.44. The van der Waals surface area contributed by atoms with Gasteiger partial charge in [-0.1, -0.05) is 0 Å². The minimum atomic E-state index is -0.118. The Labute approximate surface area is 68.3 Å². The first-order valence-corrected chi connectivity index (χ1v) is 3.51. The van der Waals surface area contributed by atoms with Gasteiger partial charge in [0.05, 0.1) is 5.69 Å². The van der Waals surface area contributed by atoms with E-state index < -0.39 is 0 Å². The zero-order valence-electron chi connectivity index (χ0n) is 6.27. The molecule has 0 aromatic carbocycles. The third-order valence-electron chi connectivity index (χ3n) is 1.65. The fraction of sp³-hybridized carbons (Fsp3) is 0. The second kappa shape index (κ2) is 2.34.